The Kier molecular flexibility index (Phi) is 4.25. The highest BCUT2D eigenvalue weighted by Gasteiger charge is 2.29. The Bertz CT molecular complexity index is 418. The van der Waals surface area contributed by atoms with Gasteiger partial charge in [-0.3, -0.25) is 4.79 Å². The molecule has 1 aliphatic heterocycles. The van der Waals surface area contributed by atoms with Crippen molar-refractivity contribution in [3.8, 4) is 0 Å². The predicted molar refractivity (Wildman–Crippen MR) is 73.6 cm³/mol. The number of carbonyl (C=O) groups is 1. The highest BCUT2D eigenvalue weighted by atomic mass is 35.5. The molecule has 3 atom stereocenters. The van der Waals surface area contributed by atoms with E-state index in [2.05, 4.69) is 17.6 Å². The van der Waals surface area contributed by atoms with Crippen molar-refractivity contribution in [1.82, 2.24) is 10.6 Å². The molecule has 1 aromatic carbocycles. The molecule has 1 saturated heterocycles. The fraction of sp³-hybridized carbons (Fsp3) is 0.500. The lowest BCUT2D eigenvalue weighted by molar-refractivity contribution is -0.125. The first-order valence-electron chi connectivity index (χ1n) is 6.37. The standard InChI is InChI=1S/C14H19ClN2O/c1-9(11-3-5-12(15)6-4-11)17-14(18)13-7-8-16-10(13)2/h3-6,9-10,13,16H,7-8H2,1-2H3,(H,17,18). The zero-order chi connectivity index (χ0) is 13.1. The van der Waals surface area contributed by atoms with Gasteiger partial charge in [0.15, 0.2) is 0 Å². The summed E-state index contributed by atoms with van der Waals surface area (Å²) in [6, 6.07) is 7.87. The second kappa shape index (κ2) is 5.72. The second-order valence-corrected chi connectivity index (χ2v) is 5.36. The molecule has 4 heteroatoms. The van der Waals surface area contributed by atoms with Crippen molar-refractivity contribution in [1.29, 1.82) is 0 Å². The van der Waals surface area contributed by atoms with Crippen LogP contribution in [-0.2, 0) is 4.79 Å². The minimum atomic E-state index is 0.0163. The fourth-order valence-corrected chi connectivity index (χ4v) is 2.50. The van der Waals surface area contributed by atoms with Gasteiger partial charge < -0.3 is 10.6 Å². The number of hydrogen-bond acceptors (Lipinski definition) is 2. The maximum absolute atomic E-state index is 12.1. The Morgan fingerprint density at radius 2 is 2.11 bits per heavy atom. The summed E-state index contributed by atoms with van der Waals surface area (Å²) >= 11 is 5.85. The number of nitrogens with one attached hydrogen (secondary N) is 2. The molecule has 0 radical (unpaired) electrons. The Hall–Kier alpha value is -1.06. The van der Waals surface area contributed by atoms with E-state index in [0.29, 0.717) is 5.02 Å². The first-order valence-corrected chi connectivity index (χ1v) is 6.75. The summed E-state index contributed by atoms with van der Waals surface area (Å²) in [7, 11) is 0. The van der Waals surface area contributed by atoms with Gasteiger partial charge in [0.2, 0.25) is 5.91 Å². The van der Waals surface area contributed by atoms with E-state index in [4.69, 9.17) is 11.6 Å². The van der Waals surface area contributed by atoms with Crippen LogP contribution in [0.3, 0.4) is 0 Å². The molecule has 1 amide bonds. The van der Waals surface area contributed by atoms with E-state index in [9.17, 15) is 4.79 Å². The first kappa shape index (κ1) is 13.4. The van der Waals surface area contributed by atoms with Crippen molar-refractivity contribution in [3.63, 3.8) is 0 Å². The number of hydrogen-bond donors (Lipinski definition) is 2. The number of rotatable bonds is 3. The van der Waals surface area contributed by atoms with Gasteiger partial charge in [0.25, 0.3) is 0 Å². The van der Waals surface area contributed by atoms with Crippen molar-refractivity contribution >= 4 is 17.5 Å². The number of amides is 1. The van der Waals surface area contributed by atoms with Gasteiger partial charge in [0.05, 0.1) is 12.0 Å². The zero-order valence-corrected chi connectivity index (χ0v) is 11.5. The molecule has 0 bridgehead atoms. The molecular weight excluding hydrogens is 248 g/mol. The lowest BCUT2D eigenvalue weighted by Gasteiger charge is -2.19. The van der Waals surface area contributed by atoms with Crippen LogP contribution in [-0.4, -0.2) is 18.5 Å². The molecule has 1 heterocycles. The van der Waals surface area contributed by atoms with E-state index >= 15 is 0 Å². The average molecular weight is 267 g/mol. The van der Waals surface area contributed by atoms with Gasteiger partial charge >= 0.3 is 0 Å². The lowest BCUT2D eigenvalue weighted by atomic mass is 10.00. The molecule has 1 aliphatic rings. The molecule has 3 nitrogen and oxygen atoms in total. The van der Waals surface area contributed by atoms with E-state index in [1.54, 1.807) is 0 Å². The predicted octanol–water partition coefficient (Wildman–Crippen LogP) is 2.52. The number of benzene rings is 1. The zero-order valence-electron chi connectivity index (χ0n) is 10.7. The normalized spacial score (nSPS) is 24.8. The van der Waals surface area contributed by atoms with E-state index < -0.39 is 0 Å². The van der Waals surface area contributed by atoms with Crippen LogP contribution in [0.4, 0.5) is 0 Å². The monoisotopic (exact) mass is 266 g/mol. The molecule has 0 aliphatic carbocycles. The quantitative estimate of drug-likeness (QED) is 0.883. The van der Waals surface area contributed by atoms with Crippen LogP contribution in [0.2, 0.25) is 5.02 Å². The summed E-state index contributed by atoms with van der Waals surface area (Å²) in [5.41, 5.74) is 1.08. The molecule has 18 heavy (non-hydrogen) atoms. The third kappa shape index (κ3) is 3.03. The summed E-state index contributed by atoms with van der Waals surface area (Å²) in [4.78, 5) is 12.1. The van der Waals surface area contributed by atoms with E-state index in [0.717, 1.165) is 18.5 Å². The number of halogens is 1. The lowest BCUT2D eigenvalue weighted by Crippen LogP contribution is -2.37. The Morgan fingerprint density at radius 3 is 2.67 bits per heavy atom. The molecular formula is C14H19ClN2O. The van der Waals surface area contributed by atoms with E-state index in [1.165, 1.54) is 0 Å². The molecule has 0 spiro atoms. The van der Waals surface area contributed by atoms with Crippen molar-refractivity contribution in [3.05, 3.63) is 34.9 Å². The highest BCUT2D eigenvalue weighted by Crippen LogP contribution is 2.19. The highest BCUT2D eigenvalue weighted by molar-refractivity contribution is 6.30. The van der Waals surface area contributed by atoms with Crippen molar-refractivity contribution in [2.45, 2.75) is 32.4 Å². The van der Waals surface area contributed by atoms with Crippen LogP contribution in [0.25, 0.3) is 0 Å². The van der Waals surface area contributed by atoms with Crippen molar-refractivity contribution in [2.24, 2.45) is 5.92 Å². The molecule has 3 unspecified atom stereocenters. The summed E-state index contributed by atoms with van der Waals surface area (Å²) in [6.07, 6.45) is 0.917. The third-order valence-corrected chi connectivity index (χ3v) is 3.84. The molecule has 1 fully saturated rings. The largest absolute Gasteiger partial charge is 0.349 e. The summed E-state index contributed by atoms with van der Waals surface area (Å²) in [6.45, 7) is 4.98. The number of carbonyl (C=O) groups excluding carboxylic acids is 1. The minimum absolute atomic E-state index is 0.0163. The van der Waals surface area contributed by atoms with Gasteiger partial charge in [-0.05, 0) is 44.5 Å². The topological polar surface area (TPSA) is 41.1 Å². The Morgan fingerprint density at radius 1 is 1.44 bits per heavy atom. The van der Waals surface area contributed by atoms with Gasteiger partial charge in [0.1, 0.15) is 0 Å². The van der Waals surface area contributed by atoms with Crippen molar-refractivity contribution in [2.75, 3.05) is 6.54 Å². The molecule has 98 valence electrons. The van der Waals surface area contributed by atoms with Crippen LogP contribution < -0.4 is 10.6 Å². The van der Waals surface area contributed by atoms with Crippen LogP contribution in [0.5, 0.6) is 0 Å². The van der Waals surface area contributed by atoms with Crippen LogP contribution in [0.15, 0.2) is 24.3 Å². The summed E-state index contributed by atoms with van der Waals surface area (Å²) in [5, 5.41) is 7.07. The van der Waals surface area contributed by atoms with Gasteiger partial charge in [-0.2, -0.15) is 0 Å². The maximum Gasteiger partial charge on any atom is 0.225 e. The average Bonchev–Trinajstić information content (AvgIpc) is 2.76. The van der Waals surface area contributed by atoms with Crippen molar-refractivity contribution < 1.29 is 4.79 Å². The van der Waals surface area contributed by atoms with Gasteiger partial charge in [-0.15, -0.1) is 0 Å². The van der Waals surface area contributed by atoms with Gasteiger partial charge in [0, 0.05) is 11.1 Å². The molecule has 2 rings (SSSR count). The third-order valence-electron chi connectivity index (χ3n) is 3.59. The maximum atomic E-state index is 12.1. The summed E-state index contributed by atoms with van der Waals surface area (Å²) in [5.74, 6) is 0.217. The smallest absolute Gasteiger partial charge is 0.225 e. The van der Waals surface area contributed by atoms with Gasteiger partial charge in [-0.25, -0.2) is 0 Å². The SMILES string of the molecule is CC(NC(=O)C1CCNC1C)c1ccc(Cl)cc1. The minimum Gasteiger partial charge on any atom is -0.349 e. The molecule has 1 aromatic rings. The second-order valence-electron chi connectivity index (χ2n) is 4.92. The van der Waals surface area contributed by atoms with E-state index in [-0.39, 0.29) is 23.9 Å². The first-order chi connectivity index (χ1) is 8.58. The molecule has 2 N–H and O–H groups in total. The fourth-order valence-electron chi connectivity index (χ4n) is 2.37. The summed E-state index contributed by atoms with van der Waals surface area (Å²) < 4.78 is 0. The van der Waals surface area contributed by atoms with E-state index in [1.807, 2.05) is 31.2 Å². The molecule has 0 saturated carbocycles. The van der Waals surface area contributed by atoms with Crippen LogP contribution >= 0.6 is 11.6 Å². The van der Waals surface area contributed by atoms with Crippen LogP contribution in [0, 0.1) is 5.92 Å². The Balaban J connectivity index is 1.96. The van der Waals surface area contributed by atoms with Crippen LogP contribution in [0.1, 0.15) is 31.9 Å². The van der Waals surface area contributed by atoms with Gasteiger partial charge in [-0.1, -0.05) is 23.7 Å². The Labute approximate surface area is 113 Å². The molecule has 0 aromatic heterocycles.